The van der Waals surface area contributed by atoms with Gasteiger partial charge in [-0.05, 0) is 29.5 Å². The maximum absolute atomic E-state index is 4.26. The number of aromatic nitrogens is 1. The zero-order chi connectivity index (χ0) is 15.6. The minimum Gasteiger partial charge on any atom is -0.356 e. The summed E-state index contributed by atoms with van der Waals surface area (Å²) in [6, 6.07) is 14.6. The van der Waals surface area contributed by atoms with Crippen molar-refractivity contribution < 1.29 is 0 Å². The Balaban J connectivity index is 0.00000264. The van der Waals surface area contributed by atoms with Crippen LogP contribution < -0.4 is 10.6 Å². The minimum atomic E-state index is 0. The number of rotatable bonds is 6. The summed E-state index contributed by atoms with van der Waals surface area (Å²) in [6.07, 6.45) is 4.63. The maximum Gasteiger partial charge on any atom is 0.191 e. The van der Waals surface area contributed by atoms with Crippen molar-refractivity contribution in [3.8, 4) is 0 Å². The van der Waals surface area contributed by atoms with E-state index in [0.29, 0.717) is 5.92 Å². The monoisotopic (exact) mass is 424 g/mol. The van der Waals surface area contributed by atoms with E-state index in [1.807, 2.05) is 18.3 Å². The number of nitrogens with zero attached hydrogens (tertiary/aromatic N) is 2. The first-order valence-electron chi connectivity index (χ1n) is 7.68. The van der Waals surface area contributed by atoms with Crippen LogP contribution in [0.15, 0.2) is 59.9 Å². The van der Waals surface area contributed by atoms with Crippen LogP contribution in [-0.2, 0) is 6.42 Å². The first-order chi connectivity index (χ1) is 10.8. The SMILES string of the molecule is CN=C(NCCc1cccnc1)NCC(C)c1ccccc1.I. The molecule has 1 unspecified atom stereocenters. The molecule has 2 rings (SSSR count). The third kappa shape index (κ3) is 6.99. The molecule has 0 saturated carbocycles. The Morgan fingerprint density at radius 3 is 2.57 bits per heavy atom. The summed E-state index contributed by atoms with van der Waals surface area (Å²) >= 11 is 0. The van der Waals surface area contributed by atoms with Gasteiger partial charge in [-0.3, -0.25) is 9.98 Å². The number of nitrogens with one attached hydrogen (secondary N) is 2. The molecule has 23 heavy (non-hydrogen) atoms. The smallest absolute Gasteiger partial charge is 0.191 e. The van der Waals surface area contributed by atoms with Crippen molar-refractivity contribution in [2.45, 2.75) is 19.3 Å². The predicted molar refractivity (Wildman–Crippen MR) is 108 cm³/mol. The maximum atomic E-state index is 4.26. The molecule has 1 aromatic heterocycles. The van der Waals surface area contributed by atoms with Gasteiger partial charge in [0, 0.05) is 32.5 Å². The number of hydrogen-bond acceptors (Lipinski definition) is 2. The van der Waals surface area contributed by atoms with E-state index in [1.54, 1.807) is 13.2 Å². The van der Waals surface area contributed by atoms with E-state index in [9.17, 15) is 0 Å². The van der Waals surface area contributed by atoms with Crippen LogP contribution in [0.1, 0.15) is 24.0 Å². The number of hydrogen-bond donors (Lipinski definition) is 2. The number of pyridine rings is 1. The standard InChI is InChI=1S/C18H24N4.HI/c1-15(17-8-4-3-5-9-17)13-22-18(19-2)21-12-10-16-7-6-11-20-14-16;/h3-9,11,14-15H,10,12-13H2,1-2H3,(H2,19,21,22);1H. The van der Waals surface area contributed by atoms with E-state index in [-0.39, 0.29) is 24.0 Å². The topological polar surface area (TPSA) is 49.3 Å². The van der Waals surface area contributed by atoms with Crippen LogP contribution in [0.3, 0.4) is 0 Å². The summed E-state index contributed by atoms with van der Waals surface area (Å²) < 4.78 is 0. The molecule has 1 aromatic carbocycles. The lowest BCUT2D eigenvalue weighted by atomic mass is 10.0. The van der Waals surface area contributed by atoms with E-state index < -0.39 is 0 Å². The second-order valence-corrected chi connectivity index (χ2v) is 5.30. The lowest BCUT2D eigenvalue weighted by molar-refractivity contribution is 0.697. The molecule has 0 aliphatic heterocycles. The van der Waals surface area contributed by atoms with Crippen molar-refractivity contribution in [3.63, 3.8) is 0 Å². The highest BCUT2D eigenvalue weighted by Crippen LogP contribution is 2.12. The van der Waals surface area contributed by atoms with E-state index in [4.69, 9.17) is 0 Å². The molecule has 0 aliphatic carbocycles. The van der Waals surface area contributed by atoms with Crippen molar-refractivity contribution >= 4 is 29.9 Å². The van der Waals surface area contributed by atoms with Crippen molar-refractivity contribution in [1.82, 2.24) is 15.6 Å². The average molecular weight is 424 g/mol. The lowest BCUT2D eigenvalue weighted by Gasteiger charge is -2.16. The van der Waals surface area contributed by atoms with Crippen molar-refractivity contribution in [3.05, 3.63) is 66.0 Å². The first-order valence-corrected chi connectivity index (χ1v) is 7.68. The fourth-order valence-corrected chi connectivity index (χ4v) is 2.24. The van der Waals surface area contributed by atoms with E-state index >= 15 is 0 Å². The molecular formula is C18H25IN4. The van der Waals surface area contributed by atoms with Gasteiger partial charge in [-0.2, -0.15) is 0 Å². The quantitative estimate of drug-likeness (QED) is 0.426. The Labute approximate surface area is 155 Å². The zero-order valence-corrected chi connectivity index (χ0v) is 16.0. The zero-order valence-electron chi connectivity index (χ0n) is 13.7. The summed E-state index contributed by atoms with van der Waals surface area (Å²) in [6.45, 7) is 3.91. The van der Waals surface area contributed by atoms with Gasteiger partial charge < -0.3 is 10.6 Å². The fourth-order valence-electron chi connectivity index (χ4n) is 2.24. The molecule has 124 valence electrons. The molecule has 0 radical (unpaired) electrons. The first kappa shape index (κ1) is 19.4. The molecule has 4 nitrogen and oxygen atoms in total. The highest BCUT2D eigenvalue weighted by Gasteiger charge is 2.05. The van der Waals surface area contributed by atoms with Gasteiger partial charge in [-0.25, -0.2) is 0 Å². The number of guanidine groups is 1. The molecule has 2 aromatic rings. The number of aliphatic imine (C=N–C) groups is 1. The Bertz CT molecular complexity index is 572. The lowest BCUT2D eigenvalue weighted by Crippen LogP contribution is -2.39. The highest BCUT2D eigenvalue weighted by molar-refractivity contribution is 14.0. The number of halogens is 1. The van der Waals surface area contributed by atoms with Crippen molar-refractivity contribution in [2.24, 2.45) is 4.99 Å². The van der Waals surface area contributed by atoms with Gasteiger partial charge in [-0.1, -0.05) is 43.3 Å². The van der Waals surface area contributed by atoms with Gasteiger partial charge in [0.15, 0.2) is 5.96 Å². The second-order valence-electron chi connectivity index (χ2n) is 5.30. The molecule has 0 bridgehead atoms. The van der Waals surface area contributed by atoms with Gasteiger partial charge in [0.2, 0.25) is 0 Å². The minimum absolute atomic E-state index is 0. The van der Waals surface area contributed by atoms with Crippen LogP contribution in [0.5, 0.6) is 0 Å². The molecule has 1 heterocycles. The fraction of sp³-hybridized carbons (Fsp3) is 0.333. The van der Waals surface area contributed by atoms with Gasteiger partial charge in [0.05, 0.1) is 0 Å². The molecule has 0 fully saturated rings. The molecule has 0 amide bonds. The molecule has 5 heteroatoms. The normalized spacial score (nSPS) is 12.2. The molecule has 1 atom stereocenters. The molecule has 2 N–H and O–H groups in total. The molecule has 0 aliphatic rings. The van der Waals surface area contributed by atoms with E-state index in [0.717, 1.165) is 25.5 Å². The summed E-state index contributed by atoms with van der Waals surface area (Å²) in [5.41, 5.74) is 2.56. The van der Waals surface area contributed by atoms with Gasteiger partial charge >= 0.3 is 0 Å². The Hall–Kier alpha value is -1.63. The Morgan fingerprint density at radius 1 is 1.13 bits per heavy atom. The van der Waals surface area contributed by atoms with Crippen LogP contribution in [0.4, 0.5) is 0 Å². The largest absolute Gasteiger partial charge is 0.356 e. The third-order valence-corrected chi connectivity index (χ3v) is 3.60. The van der Waals surface area contributed by atoms with Crippen LogP contribution in [-0.4, -0.2) is 31.1 Å². The molecule has 0 spiro atoms. The Morgan fingerprint density at radius 2 is 1.91 bits per heavy atom. The molecule has 0 saturated heterocycles. The number of benzene rings is 1. The summed E-state index contributed by atoms with van der Waals surface area (Å²) in [5, 5.41) is 6.71. The summed E-state index contributed by atoms with van der Waals surface area (Å²) in [4.78, 5) is 8.39. The summed E-state index contributed by atoms with van der Waals surface area (Å²) in [5.74, 6) is 1.28. The van der Waals surface area contributed by atoms with Crippen LogP contribution in [0.2, 0.25) is 0 Å². The van der Waals surface area contributed by atoms with Gasteiger partial charge in [0.25, 0.3) is 0 Å². The van der Waals surface area contributed by atoms with Gasteiger partial charge in [0.1, 0.15) is 0 Å². The van der Waals surface area contributed by atoms with Crippen molar-refractivity contribution in [1.29, 1.82) is 0 Å². The average Bonchev–Trinajstić information content (AvgIpc) is 2.59. The van der Waals surface area contributed by atoms with Crippen molar-refractivity contribution in [2.75, 3.05) is 20.1 Å². The van der Waals surface area contributed by atoms with E-state index in [1.165, 1.54) is 11.1 Å². The van der Waals surface area contributed by atoms with Crippen LogP contribution in [0, 0.1) is 0 Å². The van der Waals surface area contributed by atoms with Gasteiger partial charge in [-0.15, -0.1) is 24.0 Å². The van der Waals surface area contributed by atoms with Crippen LogP contribution >= 0.6 is 24.0 Å². The predicted octanol–water partition coefficient (Wildman–Crippen LogP) is 3.21. The van der Waals surface area contributed by atoms with E-state index in [2.05, 4.69) is 57.9 Å². The van der Waals surface area contributed by atoms with Crippen LogP contribution in [0.25, 0.3) is 0 Å². The molecular weight excluding hydrogens is 399 g/mol. The summed E-state index contributed by atoms with van der Waals surface area (Å²) in [7, 11) is 1.80. The Kier molecular flexibility index (Phi) is 9.28. The second kappa shape index (κ2) is 11.0. The third-order valence-electron chi connectivity index (χ3n) is 3.60. The highest BCUT2D eigenvalue weighted by atomic mass is 127.